The summed E-state index contributed by atoms with van der Waals surface area (Å²) in [4.78, 5) is 12.1. The van der Waals surface area contributed by atoms with E-state index in [0.717, 1.165) is 15.7 Å². The maximum Gasteiger partial charge on any atom is 0.251 e. The van der Waals surface area contributed by atoms with Crippen molar-refractivity contribution in [1.82, 2.24) is 0 Å². The third-order valence-corrected chi connectivity index (χ3v) is 3.35. The number of anilines is 1. The molecule has 0 radical (unpaired) electrons. The quantitative estimate of drug-likeness (QED) is 0.831. The van der Waals surface area contributed by atoms with E-state index in [2.05, 4.69) is 21.2 Å². The largest absolute Gasteiger partial charge is 0.321 e. The summed E-state index contributed by atoms with van der Waals surface area (Å²) in [7, 11) is 0. The Bertz CT molecular complexity index is 605. The van der Waals surface area contributed by atoms with Crippen molar-refractivity contribution in [3.05, 3.63) is 70.2 Å². The van der Waals surface area contributed by atoms with Crippen LogP contribution in [-0.4, -0.2) is 5.91 Å². The fourth-order valence-corrected chi connectivity index (χ4v) is 2.03. The van der Waals surface area contributed by atoms with Crippen LogP contribution in [0.2, 0.25) is 0 Å². The number of halogens is 1. The standard InChI is InChI=1S/C16H14BrNO/c1-12(11-13-7-3-2-4-8-13)16(19)18-15-10-6-5-9-14(15)17/h2-11H,1H3,(H,18,19). The molecule has 1 N–H and O–H groups in total. The second-order valence-electron chi connectivity index (χ2n) is 4.17. The molecule has 2 rings (SSSR count). The zero-order chi connectivity index (χ0) is 13.7. The third kappa shape index (κ3) is 3.80. The van der Waals surface area contributed by atoms with E-state index in [1.807, 2.05) is 60.7 Å². The predicted molar refractivity (Wildman–Crippen MR) is 82.9 cm³/mol. The average Bonchev–Trinajstić information content (AvgIpc) is 2.42. The van der Waals surface area contributed by atoms with Crippen molar-refractivity contribution in [3.63, 3.8) is 0 Å². The van der Waals surface area contributed by atoms with Crippen LogP contribution in [0.25, 0.3) is 6.08 Å². The van der Waals surface area contributed by atoms with E-state index in [0.29, 0.717) is 5.57 Å². The van der Waals surface area contributed by atoms with Gasteiger partial charge in [0.2, 0.25) is 0 Å². The Kier molecular flexibility index (Phi) is 4.53. The fourth-order valence-electron chi connectivity index (χ4n) is 1.65. The Morgan fingerprint density at radius 2 is 1.68 bits per heavy atom. The number of carbonyl (C=O) groups excluding carboxylic acids is 1. The van der Waals surface area contributed by atoms with Gasteiger partial charge in [0.25, 0.3) is 5.91 Å². The molecule has 0 saturated carbocycles. The van der Waals surface area contributed by atoms with E-state index >= 15 is 0 Å². The van der Waals surface area contributed by atoms with Gasteiger partial charge in [-0.1, -0.05) is 42.5 Å². The summed E-state index contributed by atoms with van der Waals surface area (Å²) in [5.41, 5.74) is 2.46. The highest BCUT2D eigenvalue weighted by atomic mass is 79.9. The first-order valence-corrected chi connectivity index (χ1v) is 6.75. The van der Waals surface area contributed by atoms with Gasteiger partial charge in [0.05, 0.1) is 5.69 Å². The van der Waals surface area contributed by atoms with Crippen molar-refractivity contribution >= 4 is 33.6 Å². The van der Waals surface area contributed by atoms with Gasteiger partial charge in [0.1, 0.15) is 0 Å². The number of rotatable bonds is 3. The van der Waals surface area contributed by atoms with Crippen molar-refractivity contribution in [1.29, 1.82) is 0 Å². The Labute approximate surface area is 121 Å². The van der Waals surface area contributed by atoms with Gasteiger partial charge in [-0.15, -0.1) is 0 Å². The molecule has 96 valence electrons. The van der Waals surface area contributed by atoms with Crippen molar-refractivity contribution in [2.45, 2.75) is 6.92 Å². The lowest BCUT2D eigenvalue weighted by Gasteiger charge is -2.07. The first-order chi connectivity index (χ1) is 9.16. The van der Waals surface area contributed by atoms with E-state index in [9.17, 15) is 4.79 Å². The number of amides is 1. The molecule has 0 aliphatic carbocycles. The Balaban J connectivity index is 2.12. The van der Waals surface area contributed by atoms with Gasteiger partial charge in [-0.25, -0.2) is 0 Å². The normalized spacial score (nSPS) is 11.2. The molecule has 3 heteroatoms. The average molecular weight is 316 g/mol. The van der Waals surface area contributed by atoms with Crippen molar-refractivity contribution < 1.29 is 4.79 Å². The van der Waals surface area contributed by atoms with Crippen LogP contribution < -0.4 is 5.32 Å². The smallest absolute Gasteiger partial charge is 0.251 e. The number of hydrogen-bond acceptors (Lipinski definition) is 1. The first-order valence-electron chi connectivity index (χ1n) is 5.96. The van der Waals surface area contributed by atoms with Gasteiger partial charge in [-0.2, -0.15) is 0 Å². The van der Waals surface area contributed by atoms with Gasteiger partial charge in [0.15, 0.2) is 0 Å². The summed E-state index contributed by atoms with van der Waals surface area (Å²) in [6, 6.07) is 17.3. The van der Waals surface area contributed by atoms with Gasteiger partial charge < -0.3 is 5.32 Å². The predicted octanol–water partition coefficient (Wildman–Crippen LogP) is 4.49. The van der Waals surface area contributed by atoms with Crippen LogP contribution in [0.3, 0.4) is 0 Å². The number of benzene rings is 2. The van der Waals surface area contributed by atoms with E-state index < -0.39 is 0 Å². The van der Waals surface area contributed by atoms with E-state index in [1.54, 1.807) is 6.92 Å². The summed E-state index contributed by atoms with van der Waals surface area (Å²) >= 11 is 3.41. The molecule has 0 heterocycles. The van der Waals surface area contributed by atoms with Crippen LogP contribution >= 0.6 is 15.9 Å². The van der Waals surface area contributed by atoms with Crippen LogP contribution in [0.15, 0.2) is 64.6 Å². The Morgan fingerprint density at radius 3 is 2.37 bits per heavy atom. The van der Waals surface area contributed by atoms with Crippen molar-refractivity contribution in [3.8, 4) is 0 Å². The molecule has 1 amide bonds. The summed E-state index contributed by atoms with van der Waals surface area (Å²) in [6.07, 6.45) is 1.87. The highest BCUT2D eigenvalue weighted by Gasteiger charge is 2.06. The molecule has 0 spiro atoms. The van der Waals surface area contributed by atoms with Crippen LogP contribution in [0.5, 0.6) is 0 Å². The van der Waals surface area contributed by atoms with E-state index in [-0.39, 0.29) is 5.91 Å². The minimum Gasteiger partial charge on any atom is -0.321 e. The minimum absolute atomic E-state index is 0.101. The maximum atomic E-state index is 12.1. The van der Waals surface area contributed by atoms with Gasteiger partial charge in [-0.3, -0.25) is 4.79 Å². The molecule has 0 saturated heterocycles. The molecule has 0 aromatic heterocycles. The molecule has 0 fully saturated rings. The number of nitrogens with one attached hydrogen (secondary N) is 1. The summed E-state index contributed by atoms with van der Waals surface area (Å²) in [5.74, 6) is -0.101. The minimum atomic E-state index is -0.101. The van der Waals surface area contributed by atoms with Gasteiger partial charge >= 0.3 is 0 Å². The molecule has 0 unspecified atom stereocenters. The molecule has 0 aliphatic heterocycles. The molecule has 0 atom stereocenters. The summed E-state index contributed by atoms with van der Waals surface area (Å²) in [5, 5.41) is 2.88. The molecule has 0 bridgehead atoms. The highest BCUT2D eigenvalue weighted by Crippen LogP contribution is 2.21. The molecule has 0 aliphatic rings. The molecule has 2 nitrogen and oxygen atoms in total. The lowest BCUT2D eigenvalue weighted by atomic mass is 10.1. The monoisotopic (exact) mass is 315 g/mol. The second-order valence-corrected chi connectivity index (χ2v) is 5.03. The lowest BCUT2D eigenvalue weighted by Crippen LogP contribution is -2.12. The van der Waals surface area contributed by atoms with Crippen LogP contribution in [0, 0.1) is 0 Å². The van der Waals surface area contributed by atoms with E-state index in [4.69, 9.17) is 0 Å². The fraction of sp³-hybridized carbons (Fsp3) is 0.0625. The number of carbonyl (C=O) groups is 1. The zero-order valence-corrected chi connectivity index (χ0v) is 12.1. The van der Waals surface area contributed by atoms with Crippen LogP contribution in [-0.2, 0) is 4.79 Å². The molecular formula is C16H14BrNO. The van der Waals surface area contributed by atoms with Crippen LogP contribution in [0.4, 0.5) is 5.69 Å². The second kappa shape index (κ2) is 6.34. The van der Waals surface area contributed by atoms with Gasteiger partial charge in [-0.05, 0) is 46.6 Å². The van der Waals surface area contributed by atoms with Crippen LogP contribution in [0.1, 0.15) is 12.5 Å². The number of hydrogen-bond donors (Lipinski definition) is 1. The van der Waals surface area contributed by atoms with Crippen molar-refractivity contribution in [2.24, 2.45) is 0 Å². The maximum absolute atomic E-state index is 12.1. The SMILES string of the molecule is CC(=Cc1ccccc1)C(=O)Nc1ccccc1Br. The Hall–Kier alpha value is -1.87. The molecule has 2 aromatic carbocycles. The zero-order valence-electron chi connectivity index (χ0n) is 10.6. The lowest BCUT2D eigenvalue weighted by molar-refractivity contribution is -0.112. The van der Waals surface area contributed by atoms with Crippen molar-refractivity contribution in [2.75, 3.05) is 5.32 Å². The Morgan fingerprint density at radius 1 is 1.05 bits per heavy atom. The highest BCUT2D eigenvalue weighted by molar-refractivity contribution is 9.10. The molecular weight excluding hydrogens is 302 g/mol. The summed E-state index contributed by atoms with van der Waals surface area (Å²) < 4.78 is 0.871. The first kappa shape index (κ1) is 13.6. The number of para-hydroxylation sites is 1. The van der Waals surface area contributed by atoms with Gasteiger partial charge in [0, 0.05) is 10.0 Å². The molecule has 2 aromatic rings. The van der Waals surface area contributed by atoms with E-state index in [1.165, 1.54) is 0 Å². The summed E-state index contributed by atoms with van der Waals surface area (Å²) in [6.45, 7) is 1.80. The topological polar surface area (TPSA) is 29.1 Å². The molecule has 19 heavy (non-hydrogen) atoms. The third-order valence-electron chi connectivity index (χ3n) is 2.66.